The summed E-state index contributed by atoms with van der Waals surface area (Å²) in [5.74, 6) is -0.577. The molecule has 2 heterocycles. The molecule has 2 aromatic heterocycles. The van der Waals surface area contributed by atoms with Gasteiger partial charge in [-0.3, -0.25) is 24.3 Å². The molecule has 2 rings (SSSR count). The van der Waals surface area contributed by atoms with Crippen LogP contribution in [0.1, 0.15) is 23.1 Å². The number of hydrogen-bond donors (Lipinski definition) is 1. The molecule has 0 atom stereocenters. The van der Waals surface area contributed by atoms with Crippen molar-refractivity contribution >= 4 is 17.3 Å². The van der Waals surface area contributed by atoms with Gasteiger partial charge in [-0.25, -0.2) is 0 Å². The number of aromatic nitrogens is 4. The maximum Gasteiger partial charge on any atom is 0.320 e. The number of nitro groups is 1. The Morgan fingerprint density at radius 1 is 1.45 bits per heavy atom. The fourth-order valence-corrected chi connectivity index (χ4v) is 1.79. The molecule has 0 saturated heterocycles. The topological polar surface area (TPSA) is 108 Å². The van der Waals surface area contributed by atoms with Crippen LogP contribution in [-0.2, 0) is 13.6 Å². The first kappa shape index (κ1) is 13.7. The lowest BCUT2D eigenvalue weighted by atomic mass is 10.3. The number of aryl methyl sites for hydroxylation is 2. The highest BCUT2D eigenvalue weighted by molar-refractivity contribution is 6.05. The van der Waals surface area contributed by atoms with E-state index in [-0.39, 0.29) is 11.4 Å². The molecule has 0 aromatic carbocycles. The fraction of sp³-hybridized carbons (Fsp3) is 0.364. The molecule has 0 bridgehead atoms. The van der Waals surface area contributed by atoms with Crippen LogP contribution in [0.25, 0.3) is 0 Å². The summed E-state index contributed by atoms with van der Waals surface area (Å²) in [6, 6.07) is 0. The van der Waals surface area contributed by atoms with Crippen molar-refractivity contribution in [3.63, 3.8) is 0 Å². The van der Waals surface area contributed by atoms with Gasteiger partial charge in [0.2, 0.25) is 5.69 Å². The first-order chi connectivity index (χ1) is 9.45. The van der Waals surface area contributed by atoms with Crippen molar-refractivity contribution in [2.24, 2.45) is 7.05 Å². The molecule has 0 spiro atoms. The Hall–Kier alpha value is -2.71. The number of nitrogens with zero attached hydrogens (tertiary/aromatic N) is 5. The lowest BCUT2D eigenvalue weighted by Gasteiger charge is -2.05. The maximum absolute atomic E-state index is 12.2. The smallest absolute Gasteiger partial charge is 0.317 e. The lowest BCUT2D eigenvalue weighted by Crippen LogP contribution is -2.19. The Balaban J connectivity index is 2.36. The summed E-state index contributed by atoms with van der Waals surface area (Å²) in [4.78, 5) is 22.5. The Bertz CT molecular complexity index is 672. The van der Waals surface area contributed by atoms with Gasteiger partial charge in [0.25, 0.3) is 5.91 Å². The van der Waals surface area contributed by atoms with Crippen LogP contribution in [0.3, 0.4) is 0 Å². The minimum absolute atomic E-state index is 0.0687. The van der Waals surface area contributed by atoms with Crippen LogP contribution in [-0.4, -0.2) is 30.4 Å². The zero-order chi connectivity index (χ0) is 14.9. The summed E-state index contributed by atoms with van der Waals surface area (Å²) in [6.45, 7) is 3.90. The Labute approximate surface area is 114 Å². The van der Waals surface area contributed by atoms with Crippen LogP contribution >= 0.6 is 0 Å². The molecule has 106 valence electrons. The van der Waals surface area contributed by atoms with E-state index in [4.69, 9.17) is 0 Å². The van der Waals surface area contributed by atoms with E-state index in [1.54, 1.807) is 25.6 Å². The van der Waals surface area contributed by atoms with Crippen molar-refractivity contribution in [1.29, 1.82) is 0 Å². The fourth-order valence-electron chi connectivity index (χ4n) is 1.79. The van der Waals surface area contributed by atoms with E-state index in [1.165, 1.54) is 10.9 Å². The first-order valence-corrected chi connectivity index (χ1v) is 5.95. The van der Waals surface area contributed by atoms with E-state index in [1.807, 2.05) is 0 Å². The second kappa shape index (κ2) is 5.11. The van der Waals surface area contributed by atoms with Gasteiger partial charge in [0, 0.05) is 13.6 Å². The SMILES string of the molecule is CCn1ncc([N+](=O)[O-])c1C(=O)Nc1cnn(C)c1C. The summed E-state index contributed by atoms with van der Waals surface area (Å²) in [5.41, 5.74) is 0.880. The van der Waals surface area contributed by atoms with Crippen LogP contribution in [0.4, 0.5) is 11.4 Å². The van der Waals surface area contributed by atoms with Gasteiger partial charge in [-0.05, 0) is 13.8 Å². The van der Waals surface area contributed by atoms with E-state index in [0.29, 0.717) is 12.2 Å². The second-order valence-corrected chi connectivity index (χ2v) is 4.17. The molecule has 0 aliphatic rings. The lowest BCUT2D eigenvalue weighted by molar-refractivity contribution is -0.385. The molecule has 0 saturated carbocycles. The zero-order valence-electron chi connectivity index (χ0n) is 11.3. The molecule has 20 heavy (non-hydrogen) atoms. The second-order valence-electron chi connectivity index (χ2n) is 4.17. The van der Waals surface area contributed by atoms with E-state index < -0.39 is 10.8 Å². The summed E-state index contributed by atoms with van der Waals surface area (Å²) in [5, 5.41) is 21.4. The summed E-state index contributed by atoms with van der Waals surface area (Å²) >= 11 is 0. The number of amides is 1. The monoisotopic (exact) mass is 278 g/mol. The van der Waals surface area contributed by atoms with Gasteiger partial charge in [0.1, 0.15) is 6.20 Å². The van der Waals surface area contributed by atoms with E-state index in [0.717, 1.165) is 11.9 Å². The van der Waals surface area contributed by atoms with Crippen molar-refractivity contribution in [1.82, 2.24) is 19.6 Å². The molecule has 9 heteroatoms. The highest BCUT2D eigenvalue weighted by Crippen LogP contribution is 2.20. The number of rotatable bonds is 4. The van der Waals surface area contributed by atoms with Crippen molar-refractivity contribution in [2.75, 3.05) is 5.32 Å². The van der Waals surface area contributed by atoms with Gasteiger partial charge in [-0.1, -0.05) is 0 Å². The number of anilines is 1. The Kier molecular flexibility index (Phi) is 3.51. The van der Waals surface area contributed by atoms with Crippen LogP contribution < -0.4 is 5.32 Å². The van der Waals surface area contributed by atoms with Crippen LogP contribution in [0.5, 0.6) is 0 Å². The molecule has 0 aliphatic carbocycles. The average molecular weight is 278 g/mol. The summed E-state index contributed by atoms with van der Waals surface area (Å²) < 4.78 is 2.89. The first-order valence-electron chi connectivity index (χ1n) is 5.95. The van der Waals surface area contributed by atoms with Crippen molar-refractivity contribution in [3.05, 3.63) is 33.9 Å². The average Bonchev–Trinajstić information content (AvgIpc) is 2.97. The van der Waals surface area contributed by atoms with Crippen molar-refractivity contribution in [2.45, 2.75) is 20.4 Å². The van der Waals surface area contributed by atoms with Gasteiger partial charge < -0.3 is 5.32 Å². The molecule has 0 aliphatic heterocycles. The highest BCUT2D eigenvalue weighted by atomic mass is 16.6. The molecular weight excluding hydrogens is 264 g/mol. The highest BCUT2D eigenvalue weighted by Gasteiger charge is 2.26. The third-order valence-corrected chi connectivity index (χ3v) is 3.01. The molecule has 0 fully saturated rings. The van der Waals surface area contributed by atoms with E-state index in [9.17, 15) is 14.9 Å². The Morgan fingerprint density at radius 2 is 2.15 bits per heavy atom. The quantitative estimate of drug-likeness (QED) is 0.665. The normalized spacial score (nSPS) is 10.6. The molecule has 0 unspecified atom stereocenters. The predicted octanol–water partition coefficient (Wildman–Crippen LogP) is 1.11. The number of carbonyl (C=O) groups is 1. The van der Waals surface area contributed by atoms with Crippen molar-refractivity contribution in [3.8, 4) is 0 Å². The van der Waals surface area contributed by atoms with Gasteiger partial charge in [-0.15, -0.1) is 0 Å². The number of nitrogens with one attached hydrogen (secondary N) is 1. The third-order valence-electron chi connectivity index (χ3n) is 3.01. The van der Waals surface area contributed by atoms with Crippen molar-refractivity contribution < 1.29 is 9.72 Å². The molecule has 0 radical (unpaired) electrons. The molecule has 9 nitrogen and oxygen atoms in total. The van der Waals surface area contributed by atoms with Gasteiger partial charge >= 0.3 is 5.69 Å². The Morgan fingerprint density at radius 3 is 2.65 bits per heavy atom. The van der Waals surface area contributed by atoms with Crippen LogP contribution in [0.2, 0.25) is 0 Å². The molecule has 1 amide bonds. The van der Waals surface area contributed by atoms with E-state index in [2.05, 4.69) is 15.5 Å². The standard InChI is InChI=1S/C11H14N6O3/c1-4-16-10(9(6-13-16)17(19)20)11(18)14-8-5-12-15(3)7(8)2/h5-6H,4H2,1-3H3,(H,14,18). The largest absolute Gasteiger partial charge is 0.320 e. The van der Waals surface area contributed by atoms with Gasteiger partial charge in [0.15, 0.2) is 0 Å². The predicted molar refractivity (Wildman–Crippen MR) is 70.5 cm³/mol. The minimum Gasteiger partial charge on any atom is -0.317 e. The molecular formula is C11H14N6O3. The zero-order valence-corrected chi connectivity index (χ0v) is 11.3. The molecule has 1 N–H and O–H groups in total. The summed E-state index contributed by atoms with van der Waals surface area (Å²) in [6.07, 6.45) is 2.57. The minimum atomic E-state index is -0.621. The third kappa shape index (κ3) is 2.25. The summed E-state index contributed by atoms with van der Waals surface area (Å²) in [7, 11) is 1.74. The van der Waals surface area contributed by atoms with Crippen LogP contribution in [0, 0.1) is 17.0 Å². The molecule has 2 aromatic rings. The van der Waals surface area contributed by atoms with Gasteiger partial charge in [0.05, 0.1) is 22.5 Å². The number of carbonyl (C=O) groups excluding carboxylic acids is 1. The number of hydrogen-bond acceptors (Lipinski definition) is 5. The van der Waals surface area contributed by atoms with Gasteiger partial charge in [-0.2, -0.15) is 10.2 Å². The maximum atomic E-state index is 12.2. The van der Waals surface area contributed by atoms with E-state index >= 15 is 0 Å². The van der Waals surface area contributed by atoms with Crippen LogP contribution in [0.15, 0.2) is 12.4 Å².